The maximum atomic E-state index is 12.5. The highest BCUT2D eigenvalue weighted by Crippen LogP contribution is 2.23. The fraction of sp³-hybridized carbons (Fsp3) is 0.375. The van der Waals surface area contributed by atoms with Crippen LogP contribution in [0.25, 0.3) is 11.0 Å². The Morgan fingerprint density at radius 1 is 1.03 bits per heavy atom. The van der Waals surface area contributed by atoms with Crippen molar-refractivity contribution in [1.82, 2.24) is 19.4 Å². The van der Waals surface area contributed by atoms with E-state index in [0.29, 0.717) is 22.7 Å². The fourth-order valence-electron chi connectivity index (χ4n) is 4.11. The second-order valence-corrected chi connectivity index (χ2v) is 8.38. The molecular weight excluding hydrogens is 426 g/mol. The highest BCUT2D eigenvalue weighted by Gasteiger charge is 2.22. The van der Waals surface area contributed by atoms with Crippen molar-refractivity contribution in [2.24, 2.45) is 0 Å². The van der Waals surface area contributed by atoms with E-state index >= 15 is 0 Å². The first-order chi connectivity index (χ1) is 15.5. The van der Waals surface area contributed by atoms with Crippen LogP contribution >= 0.6 is 11.6 Å². The molecule has 0 spiro atoms. The molecule has 0 unspecified atom stereocenters. The molecule has 2 aromatic carbocycles. The van der Waals surface area contributed by atoms with Crippen LogP contribution in [0.15, 0.2) is 42.5 Å². The number of nitrogens with one attached hydrogen (secondary N) is 1. The molecule has 4 rings (SSSR count). The van der Waals surface area contributed by atoms with Crippen molar-refractivity contribution >= 4 is 40.1 Å². The molecule has 1 aliphatic heterocycles. The summed E-state index contributed by atoms with van der Waals surface area (Å²) in [7, 11) is 0. The number of aryl methyl sites for hydroxylation is 1. The Morgan fingerprint density at radius 2 is 1.75 bits per heavy atom. The molecule has 0 aliphatic carbocycles. The summed E-state index contributed by atoms with van der Waals surface area (Å²) >= 11 is 5.91. The maximum Gasteiger partial charge on any atom is 0.255 e. The maximum absolute atomic E-state index is 12.5. The van der Waals surface area contributed by atoms with Crippen LogP contribution in [0.1, 0.15) is 36.5 Å². The van der Waals surface area contributed by atoms with Gasteiger partial charge in [-0.05, 0) is 49.4 Å². The molecule has 168 valence electrons. The number of hydrogen-bond acceptors (Lipinski definition) is 4. The third-order valence-electron chi connectivity index (χ3n) is 5.90. The van der Waals surface area contributed by atoms with Gasteiger partial charge in [0.2, 0.25) is 5.91 Å². The second-order valence-electron chi connectivity index (χ2n) is 7.95. The van der Waals surface area contributed by atoms with Crippen molar-refractivity contribution in [2.45, 2.75) is 33.4 Å². The summed E-state index contributed by atoms with van der Waals surface area (Å²) in [5.74, 6) is 1.04. The van der Waals surface area contributed by atoms with Crippen LogP contribution in [-0.2, 0) is 17.9 Å². The molecular formula is C24H28ClN5O2. The van der Waals surface area contributed by atoms with Crippen molar-refractivity contribution in [3.05, 3.63) is 58.9 Å². The highest BCUT2D eigenvalue weighted by molar-refractivity contribution is 6.30. The number of fused-ring (bicyclic) bond motifs is 1. The Hall–Kier alpha value is -2.90. The Morgan fingerprint density at radius 3 is 2.41 bits per heavy atom. The summed E-state index contributed by atoms with van der Waals surface area (Å²) in [6.45, 7) is 8.80. The standard InChI is InChI=1S/C24H28ClN5O2/c1-3-23(31)29-13-11-28(12-14-29)16-22-27-20-15-19(9-10-21(20)30(22)4-2)26-24(32)17-5-7-18(25)8-6-17/h5-10,15H,3-4,11-14,16H2,1-2H3,(H,26,32). The normalized spacial score (nSPS) is 14.7. The van der Waals surface area contributed by atoms with E-state index in [-0.39, 0.29) is 11.8 Å². The number of carbonyl (C=O) groups excluding carboxylic acids is 2. The number of halogens is 1. The largest absolute Gasteiger partial charge is 0.340 e. The van der Waals surface area contributed by atoms with E-state index in [4.69, 9.17) is 16.6 Å². The summed E-state index contributed by atoms with van der Waals surface area (Å²) < 4.78 is 2.21. The van der Waals surface area contributed by atoms with E-state index in [9.17, 15) is 9.59 Å². The topological polar surface area (TPSA) is 70.5 Å². The number of hydrogen-bond donors (Lipinski definition) is 1. The molecule has 32 heavy (non-hydrogen) atoms. The van der Waals surface area contributed by atoms with E-state index in [1.165, 1.54) is 0 Å². The van der Waals surface area contributed by atoms with Gasteiger partial charge in [0, 0.05) is 55.4 Å². The first-order valence-corrected chi connectivity index (χ1v) is 11.4. The van der Waals surface area contributed by atoms with Crippen molar-refractivity contribution in [2.75, 3.05) is 31.5 Å². The second kappa shape index (κ2) is 9.71. The van der Waals surface area contributed by atoms with E-state index in [1.807, 2.05) is 30.0 Å². The molecule has 0 atom stereocenters. The van der Waals surface area contributed by atoms with Crippen molar-refractivity contribution in [1.29, 1.82) is 0 Å². The Balaban J connectivity index is 1.48. The van der Waals surface area contributed by atoms with Crippen molar-refractivity contribution in [3.8, 4) is 0 Å². The number of nitrogens with zero attached hydrogens (tertiary/aromatic N) is 4. The number of aromatic nitrogens is 2. The summed E-state index contributed by atoms with van der Waals surface area (Å²) in [5, 5.41) is 3.54. The zero-order valence-corrected chi connectivity index (χ0v) is 19.2. The van der Waals surface area contributed by atoms with E-state index in [2.05, 4.69) is 21.7 Å². The van der Waals surface area contributed by atoms with Gasteiger partial charge < -0.3 is 14.8 Å². The average Bonchev–Trinajstić information content (AvgIpc) is 3.15. The Labute approximate surface area is 193 Å². The zero-order valence-electron chi connectivity index (χ0n) is 18.5. The SMILES string of the molecule is CCC(=O)N1CCN(Cc2nc3cc(NC(=O)c4ccc(Cl)cc4)ccc3n2CC)CC1. The average molecular weight is 454 g/mol. The lowest BCUT2D eigenvalue weighted by molar-refractivity contribution is -0.132. The minimum atomic E-state index is -0.185. The monoisotopic (exact) mass is 453 g/mol. The molecule has 1 N–H and O–H groups in total. The molecule has 1 fully saturated rings. The van der Waals surface area contributed by atoms with Crippen molar-refractivity contribution in [3.63, 3.8) is 0 Å². The minimum absolute atomic E-state index is 0.185. The predicted molar refractivity (Wildman–Crippen MR) is 127 cm³/mol. The van der Waals surface area contributed by atoms with Crippen LogP contribution in [-0.4, -0.2) is 57.3 Å². The molecule has 1 aromatic heterocycles. The molecule has 2 amide bonds. The number of piperazine rings is 1. The van der Waals surface area contributed by atoms with Crippen LogP contribution in [0.3, 0.4) is 0 Å². The van der Waals surface area contributed by atoms with Gasteiger partial charge in [0.1, 0.15) is 5.82 Å². The van der Waals surface area contributed by atoms with Crippen LogP contribution in [0, 0.1) is 0 Å². The van der Waals surface area contributed by atoms with E-state index in [1.54, 1.807) is 24.3 Å². The van der Waals surface area contributed by atoms with Gasteiger partial charge in [-0.2, -0.15) is 0 Å². The summed E-state index contributed by atoms with van der Waals surface area (Å²) in [4.78, 5) is 33.6. The Kier molecular flexibility index (Phi) is 6.77. The molecule has 2 heterocycles. The van der Waals surface area contributed by atoms with Gasteiger partial charge in [-0.1, -0.05) is 18.5 Å². The van der Waals surface area contributed by atoms with Gasteiger partial charge in [0.15, 0.2) is 0 Å². The lowest BCUT2D eigenvalue weighted by atomic mass is 10.2. The van der Waals surface area contributed by atoms with Crippen LogP contribution in [0.2, 0.25) is 5.02 Å². The highest BCUT2D eigenvalue weighted by atomic mass is 35.5. The van der Waals surface area contributed by atoms with Crippen LogP contribution < -0.4 is 5.32 Å². The summed E-state index contributed by atoms with van der Waals surface area (Å²) in [5.41, 5.74) is 3.16. The smallest absolute Gasteiger partial charge is 0.255 e. The molecule has 3 aromatic rings. The molecule has 1 saturated heterocycles. The third-order valence-corrected chi connectivity index (χ3v) is 6.15. The van der Waals surface area contributed by atoms with Gasteiger partial charge in [-0.15, -0.1) is 0 Å². The number of imidazole rings is 1. The lowest BCUT2D eigenvalue weighted by Crippen LogP contribution is -2.48. The minimum Gasteiger partial charge on any atom is -0.340 e. The summed E-state index contributed by atoms with van der Waals surface area (Å²) in [6, 6.07) is 12.6. The van der Waals surface area contributed by atoms with Gasteiger partial charge in [0.05, 0.1) is 17.6 Å². The van der Waals surface area contributed by atoms with Crippen molar-refractivity contribution < 1.29 is 9.59 Å². The lowest BCUT2D eigenvalue weighted by Gasteiger charge is -2.34. The molecule has 8 heteroatoms. The number of rotatable bonds is 6. The number of anilines is 1. The van der Waals surface area contributed by atoms with Crippen LogP contribution in [0.4, 0.5) is 5.69 Å². The van der Waals surface area contributed by atoms with Gasteiger partial charge in [-0.25, -0.2) is 4.98 Å². The van der Waals surface area contributed by atoms with Crippen LogP contribution in [0.5, 0.6) is 0 Å². The number of amides is 2. The summed E-state index contributed by atoms with van der Waals surface area (Å²) in [6.07, 6.45) is 0.558. The van der Waals surface area contributed by atoms with Gasteiger partial charge >= 0.3 is 0 Å². The number of carbonyl (C=O) groups is 2. The molecule has 0 saturated carbocycles. The predicted octanol–water partition coefficient (Wildman–Crippen LogP) is 4.02. The zero-order chi connectivity index (χ0) is 22.7. The van der Waals surface area contributed by atoms with E-state index < -0.39 is 0 Å². The molecule has 7 nitrogen and oxygen atoms in total. The quantitative estimate of drug-likeness (QED) is 0.612. The molecule has 0 radical (unpaired) electrons. The molecule has 0 bridgehead atoms. The van der Waals surface area contributed by atoms with E-state index in [0.717, 1.165) is 56.1 Å². The third kappa shape index (κ3) is 4.79. The first kappa shape index (κ1) is 22.3. The molecule has 1 aliphatic rings. The Bertz CT molecular complexity index is 1120. The number of benzene rings is 2. The first-order valence-electron chi connectivity index (χ1n) is 11.0. The fourth-order valence-corrected chi connectivity index (χ4v) is 4.24. The van der Waals surface area contributed by atoms with Gasteiger partial charge in [-0.3, -0.25) is 14.5 Å². The van der Waals surface area contributed by atoms with Gasteiger partial charge in [0.25, 0.3) is 5.91 Å².